The van der Waals surface area contributed by atoms with Crippen molar-refractivity contribution in [3.8, 4) is 11.8 Å². The second-order valence-corrected chi connectivity index (χ2v) is 6.55. The summed E-state index contributed by atoms with van der Waals surface area (Å²) in [6.45, 7) is 1.69. The number of nitrogens with zero attached hydrogens (tertiary/aromatic N) is 2. The number of benzene rings is 2. The van der Waals surface area contributed by atoms with Crippen molar-refractivity contribution in [3.63, 3.8) is 0 Å². The number of sulfonamides is 1. The molecule has 5 nitrogen and oxygen atoms in total. The third kappa shape index (κ3) is 2.83. The van der Waals surface area contributed by atoms with Gasteiger partial charge in [-0.15, -0.1) is 0 Å². The lowest BCUT2D eigenvalue weighted by Crippen LogP contribution is -2.26. The van der Waals surface area contributed by atoms with E-state index in [1.165, 1.54) is 49.5 Å². The van der Waals surface area contributed by atoms with Gasteiger partial charge in [0.15, 0.2) is 0 Å². The first-order chi connectivity index (χ1) is 9.86. The van der Waals surface area contributed by atoms with Crippen molar-refractivity contribution in [2.24, 2.45) is 0 Å². The molecule has 0 saturated carbocycles. The maximum atomic E-state index is 12.5. The van der Waals surface area contributed by atoms with Gasteiger partial charge in [-0.2, -0.15) is 5.26 Å². The van der Waals surface area contributed by atoms with Gasteiger partial charge in [0.05, 0.1) is 22.2 Å². The first kappa shape index (κ1) is 14.9. The smallest absolute Gasteiger partial charge is 0.264 e. The maximum Gasteiger partial charge on any atom is 0.264 e. The predicted octanol–water partition coefficient (Wildman–Crippen LogP) is 2.40. The molecule has 1 N–H and O–H groups in total. The molecule has 0 bridgehead atoms. The number of hydrogen-bond acceptors (Lipinski definition) is 4. The molecule has 0 spiro atoms. The van der Waals surface area contributed by atoms with Crippen LogP contribution in [0.4, 0.5) is 5.69 Å². The Labute approximate surface area is 123 Å². The fourth-order valence-electron chi connectivity index (χ4n) is 1.88. The largest absolute Gasteiger partial charge is 0.508 e. The van der Waals surface area contributed by atoms with Crippen LogP contribution in [-0.2, 0) is 10.0 Å². The van der Waals surface area contributed by atoms with E-state index >= 15 is 0 Å². The van der Waals surface area contributed by atoms with E-state index in [1.807, 2.05) is 6.07 Å². The van der Waals surface area contributed by atoms with Gasteiger partial charge in [0.2, 0.25) is 0 Å². The highest BCUT2D eigenvalue weighted by Crippen LogP contribution is 2.24. The molecule has 6 heteroatoms. The lowest BCUT2D eigenvalue weighted by atomic mass is 10.1. The van der Waals surface area contributed by atoms with Crippen molar-refractivity contribution < 1.29 is 13.5 Å². The molecule has 0 unspecified atom stereocenters. The van der Waals surface area contributed by atoms with Crippen molar-refractivity contribution in [2.75, 3.05) is 11.4 Å². The van der Waals surface area contributed by atoms with Gasteiger partial charge < -0.3 is 5.11 Å². The molecule has 0 aliphatic carbocycles. The van der Waals surface area contributed by atoms with E-state index < -0.39 is 10.0 Å². The first-order valence-electron chi connectivity index (χ1n) is 6.15. The Morgan fingerprint density at radius 1 is 1.14 bits per heavy atom. The summed E-state index contributed by atoms with van der Waals surface area (Å²) in [6.07, 6.45) is 0. The number of hydrogen-bond donors (Lipinski definition) is 1. The average Bonchev–Trinajstić information content (AvgIpc) is 2.47. The van der Waals surface area contributed by atoms with Crippen LogP contribution in [0.15, 0.2) is 47.4 Å². The molecule has 0 saturated heterocycles. The summed E-state index contributed by atoms with van der Waals surface area (Å²) in [6, 6.07) is 12.3. The van der Waals surface area contributed by atoms with Crippen molar-refractivity contribution in [2.45, 2.75) is 11.8 Å². The SMILES string of the molecule is Cc1cc(S(=O)(=O)N(C)c2ccc(O)cc2)ccc1C#N. The van der Waals surface area contributed by atoms with Gasteiger partial charge in [0.1, 0.15) is 5.75 Å². The van der Waals surface area contributed by atoms with Gasteiger partial charge in [-0.05, 0) is 55.0 Å². The predicted molar refractivity (Wildman–Crippen MR) is 79.6 cm³/mol. The second kappa shape index (κ2) is 5.46. The summed E-state index contributed by atoms with van der Waals surface area (Å²) in [5.41, 5.74) is 1.49. The lowest BCUT2D eigenvalue weighted by molar-refractivity contribution is 0.475. The fraction of sp³-hybridized carbons (Fsp3) is 0.133. The molecule has 108 valence electrons. The third-order valence-electron chi connectivity index (χ3n) is 3.19. The minimum Gasteiger partial charge on any atom is -0.508 e. The first-order valence-corrected chi connectivity index (χ1v) is 7.59. The van der Waals surface area contributed by atoms with Crippen molar-refractivity contribution in [1.82, 2.24) is 0 Å². The van der Waals surface area contributed by atoms with Crippen LogP contribution in [0.2, 0.25) is 0 Å². The molecule has 2 aromatic rings. The van der Waals surface area contributed by atoms with E-state index in [4.69, 9.17) is 5.26 Å². The molecular weight excluding hydrogens is 288 g/mol. The van der Waals surface area contributed by atoms with Gasteiger partial charge in [0, 0.05) is 7.05 Å². The highest BCUT2D eigenvalue weighted by Gasteiger charge is 2.21. The number of nitriles is 1. The van der Waals surface area contributed by atoms with Crippen molar-refractivity contribution in [1.29, 1.82) is 5.26 Å². The minimum absolute atomic E-state index is 0.0683. The maximum absolute atomic E-state index is 12.5. The van der Waals surface area contributed by atoms with Gasteiger partial charge in [-0.3, -0.25) is 4.31 Å². The Hall–Kier alpha value is -2.52. The molecule has 21 heavy (non-hydrogen) atoms. The number of rotatable bonds is 3. The Bertz CT molecular complexity index is 806. The average molecular weight is 302 g/mol. The van der Waals surface area contributed by atoms with E-state index in [1.54, 1.807) is 6.92 Å². The van der Waals surface area contributed by atoms with E-state index in [9.17, 15) is 13.5 Å². The van der Waals surface area contributed by atoms with Crippen LogP contribution in [0.1, 0.15) is 11.1 Å². The summed E-state index contributed by atoms with van der Waals surface area (Å²) in [5, 5.41) is 18.1. The van der Waals surface area contributed by atoms with Gasteiger partial charge in [0.25, 0.3) is 10.0 Å². The normalized spacial score (nSPS) is 10.9. The fourth-order valence-corrected chi connectivity index (χ4v) is 3.16. The molecule has 0 radical (unpaired) electrons. The molecule has 0 aromatic heterocycles. The quantitative estimate of drug-likeness (QED) is 0.944. The minimum atomic E-state index is -3.71. The van der Waals surface area contributed by atoms with Crippen LogP contribution >= 0.6 is 0 Å². The van der Waals surface area contributed by atoms with Gasteiger partial charge in [-0.25, -0.2) is 8.42 Å². The second-order valence-electron chi connectivity index (χ2n) is 4.58. The zero-order valence-corrected chi connectivity index (χ0v) is 12.4. The van der Waals surface area contributed by atoms with Crippen LogP contribution < -0.4 is 4.31 Å². The molecule has 0 amide bonds. The van der Waals surface area contributed by atoms with Crippen LogP contribution in [0.25, 0.3) is 0 Å². The molecular formula is C15H14N2O3S. The molecule has 0 aliphatic rings. The van der Waals surface area contributed by atoms with Gasteiger partial charge in [-0.1, -0.05) is 0 Å². The summed E-state index contributed by atoms with van der Waals surface area (Å²) < 4.78 is 26.2. The Kier molecular flexibility index (Phi) is 3.87. The Balaban J connectivity index is 2.44. The standard InChI is InChI=1S/C15H14N2O3S/c1-11-9-15(8-3-12(11)10-16)21(19,20)17(2)13-4-6-14(18)7-5-13/h3-9,18H,1-2H3. The zero-order valence-electron chi connectivity index (χ0n) is 11.6. The number of aromatic hydroxyl groups is 1. The number of aryl methyl sites for hydroxylation is 1. The summed E-state index contributed by atoms with van der Waals surface area (Å²) in [5.74, 6) is 0.0683. The molecule has 2 aromatic carbocycles. The van der Waals surface area contributed by atoms with Gasteiger partial charge >= 0.3 is 0 Å². The highest BCUT2D eigenvalue weighted by atomic mass is 32.2. The molecule has 2 rings (SSSR count). The zero-order chi connectivity index (χ0) is 15.6. The van der Waals surface area contributed by atoms with Crippen LogP contribution in [0.5, 0.6) is 5.75 Å². The lowest BCUT2D eigenvalue weighted by Gasteiger charge is -2.20. The van der Waals surface area contributed by atoms with E-state index in [-0.39, 0.29) is 10.6 Å². The van der Waals surface area contributed by atoms with Crippen LogP contribution in [0.3, 0.4) is 0 Å². The van der Waals surface area contributed by atoms with Crippen LogP contribution in [0, 0.1) is 18.3 Å². The Morgan fingerprint density at radius 2 is 1.76 bits per heavy atom. The third-order valence-corrected chi connectivity index (χ3v) is 4.97. The molecule has 0 atom stereocenters. The van der Waals surface area contributed by atoms with Crippen molar-refractivity contribution in [3.05, 3.63) is 53.6 Å². The molecule has 0 heterocycles. The van der Waals surface area contributed by atoms with E-state index in [0.717, 1.165) is 4.31 Å². The molecule has 0 fully saturated rings. The molecule has 0 aliphatic heterocycles. The number of phenolic OH excluding ortho intramolecular Hbond substituents is 1. The summed E-state index contributed by atoms with van der Waals surface area (Å²) in [7, 11) is -2.27. The number of phenols is 1. The summed E-state index contributed by atoms with van der Waals surface area (Å²) in [4.78, 5) is 0.120. The van der Waals surface area contributed by atoms with Crippen LogP contribution in [-0.4, -0.2) is 20.6 Å². The van der Waals surface area contributed by atoms with E-state index in [0.29, 0.717) is 16.8 Å². The van der Waals surface area contributed by atoms with Crippen molar-refractivity contribution >= 4 is 15.7 Å². The highest BCUT2D eigenvalue weighted by molar-refractivity contribution is 7.92. The summed E-state index contributed by atoms with van der Waals surface area (Å²) >= 11 is 0. The van der Waals surface area contributed by atoms with E-state index in [2.05, 4.69) is 0 Å². The number of anilines is 1. The monoisotopic (exact) mass is 302 g/mol. The Morgan fingerprint density at radius 3 is 2.29 bits per heavy atom. The topological polar surface area (TPSA) is 81.4 Å².